The fourth-order valence-corrected chi connectivity index (χ4v) is 7.32. The number of ether oxygens (including phenoxy) is 21. The van der Waals surface area contributed by atoms with Crippen molar-refractivity contribution in [2.75, 3.05) is 278 Å². The summed E-state index contributed by atoms with van der Waals surface area (Å²) in [6.45, 7) is 24.1. The van der Waals surface area contributed by atoms with Gasteiger partial charge in [-0.3, -0.25) is 19.4 Å². The fraction of sp³-hybridized carbons (Fsp3) is 0.862. The first-order valence-electron chi connectivity index (χ1n) is 29.9. The van der Waals surface area contributed by atoms with Crippen molar-refractivity contribution in [1.29, 1.82) is 0 Å². The van der Waals surface area contributed by atoms with Crippen molar-refractivity contribution in [3.63, 3.8) is 0 Å². The first-order valence-corrected chi connectivity index (χ1v) is 29.9. The van der Waals surface area contributed by atoms with Gasteiger partial charge in [-0.05, 0) is 32.4 Å². The highest BCUT2D eigenvalue weighted by Crippen LogP contribution is 2.36. The molecule has 0 radical (unpaired) electrons. The number of carbonyl (C=O) groups excluding carboxylic acids is 3. The molecule has 1 N–H and O–H groups in total. The lowest BCUT2D eigenvalue weighted by Gasteiger charge is -2.24. The molecule has 1 fully saturated rings. The van der Waals surface area contributed by atoms with Crippen LogP contribution >= 0.6 is 0 Å². The van der Waals surface area contributed by atoms with E-state index in [1.165, 1.54) is 0 Å². The van der Waals surface area contributed by atoms with E-state index in [0.29, 0.717) is 271 Å². The average molecular weight is 1230 g/mol. The molecule has 0 aromatic carbocycles. The molecule has 0 saturated carbocycles. The van der Waals surface area contributed by atoms with Crippen LogP contribution in [0.15, 0.2) is 24.5 Å². The van der Waals surface area contributed by atoms with Crippen LogP contribution in [0.3, 0.4) is 0 Å². The van der Waals surface area contributed by atoms with E-state index in [1.807, 2.05) is 26.8 Å². The quantitative estimate of drug-likeness (QED) is 0.0719. The monoisotopic (exact) mass is 1230 g/mol. The zero-order chi connectivity index (χ0) is 61.0. The van der Waals surface area contributed by atoms with E-state index in [9.17, 15) is 14.4 Å². The van der Waals surface area contributed by atoms with E-state index in [2.05, 4.69) is 10.3 Å². The van der Waals surface area contributed by atoms with Crippen molar-refractivity contribution in [3.8, 4) is 0 Å². The van der Waals surface area contributed by atoms with E-state index >= 15 is 0 Å². The van der Waals surface area contributed by atoms with E-state index < -0.39 is 11.5 Å². The van der Waals surface area contributed by atoms with Gasteiger partial charge in [-0.2, -0.15) is 0 Å². The summed E-state index contributed by atoms with van der Waals surface area (Å²) in [7, 11) is 1.72. The molecule has 1 aromatic heterocycles. The third-order valence-corrected chi connectivity index (χ3v) is 11.4. The second-order valence-electron chi connectivity index (χ2n) is 19.4. The van der Waals surface area contributed by atoms with Crippen molar-refractivity contribution in [2.24, 2.45) is 5.92 Å². The molecule has 85 heavy (non-hydrogen) atoms. The number of hydrogen-bond donors (Lipinski definition) is 1. The van der Waals surface area contributed by atoms with Crippen molar-refractivity contribution in [3.05, 3.63) is 30.1 Å². The number of pyridine rings is 1. The second kappa shape index (κ2) is 58.4. The van der Waals surface area contributed by atoms with Crippen LogP contribution in [-0.4, -0.2) is 311 Å². The van der Waals surface area contributed by atoms with Gasteiger partial charge >= 0.3 is 5.97 Å². The summed E-state index contributed by atoms with van der Waals surface area (Å²) < 4.78 is 115. The maximum absolute atomic E-state index is 12.8. The molecule has 2 atom stereocenters. The Morgan fingerprint density at radius 1 is 0.435 bits per heavy atom. The van der Waals surface area contributed by atoms with Gasteiger partial charge in [-0.15, -0.1) is 0 Å². The average Bonchev–Trinajstić information content (AvgIpc) is 2.78. The molecule has 1 aromatic rings. The van der Waals surface area contributed by atoms with Crippen LogP contribution in [0.4, 0.5) is 0 Å². The standard InChI is InChI=1S/C58H105N3O24/c1-58(2,3)85-55(63)7-10-65-12-14-67-16-18-69-20-22-71-24-26-73-28-30-75-32-34-77-36-38-79-40-42-81-44-46-83-48-49-84-47-45-82-43-41-80-39-37-78-35-33-76-31-29-74-27-25-72-23-21-70-19-17-68-15-13-66-11-9-60-57(64)53-50-54(62)61(4)56(53)52-6-5-8-59-51-52/h5-6,8,51,53,56H,7,9-50H2,1-4H3,(H,60,64)/t53-,56+/m0/s1. The number of likely N-dealkylation sites (tertiary alicyclic amines) is 1. The van der Waals surface area contributed by atoms with Gasteiger partial charge in [0.05, 0.1) is 283 Å². The zero-order valence-electron chi connectivity index (χ0n) is 51.6. The van der Waals surface area contributed by atoms with Crippen LogP contribution < -0.4 is 5.32 Å². The van der Waals surface area contributed by atoms with Gasteiger partial charge in [-0.1, -0.05) is 6.07 Å². The molecule has 2 rings (SSSR count). The van der Waals surface area contributed by atoms with Crippen LogP contribution in [-0.2, 0) is 114 Å². The first kappa shape index (κ1) is 77.9. The summed E-state index contributed by atoms with van der Waals surface area (Å²) in [5.74, 6) is -0.977. The van der Waals surface area contributed by atoms with Crippen LogP contribution in [0.5, 0.6) is 0 Å². The molecule has 0 unspecified atom stereocenters. The van der Waals surface area contributed by atoms with E-state index in [4.69, 9.17) is 99.5 Å². The molecule has 2 amide bonds. The highest BCUT2D eigenvalue weighted by atomic mass is 16.6. The molecule has 0 bridgehead atoms. The maximum atomic E-state index is 12.8. The first-order chi connectivity index (χ1) is 41.7. The van der Waals surface area contributed by atoms with Crippen molar-refractivity contribution >= 4 is 17.8 Å². The predicted octanol–water partition coefficient (Wildman–Crippen LogP) is 1.78. The minimum atomic E-state index is -0.485. The van der Waals surface area contributed by atoms with E-state index in [1.54, 1.807) is 30.4 Å². The zero-order valence-corrected chi connectivity index (χ0v) is 51.6. The summed E-state index contributed by atoms with van der Waals surface area (Å²) in [5.41, 5.74) is 0.357. The Labute approximate surface area is 504 Å². The molecule has 1 aliphatic rings. The maximum Gasteiger partial charge on any atom is 0.308 e. The number of aromatic nitrogens is 1. The SMILES string of the molecule is CN1C(=O)C[C@H](C(=O)NCCOCCOCCOCCOCCOCCOCCOCCOCCOCCOCCOCCOCCOCCOCCOCCOCCOCCOCCOCCOCCC(=O)OC(C)(C)C)[C@H]1c1cccnc1. The van der Waals surface area contributed by atoms with Crippen molar-refractivity contribution < 1.29 is 114 Å². The smallest absolute Gasteiger partial charge is 0.308 e. The van der Waals surface area contributed by atoms with Gasteiger partial charge in [-0.25, -0.2) is 0 Å². The normalized spacial score (nSPS) is 14.5. The summed E-state index contributed by atoms with van der Waals surface area (Å²) in [4.78, 5) is 42.5. The lowest BCUT2D eigenvalue weighted by molar-refractivity contribution is -0.156. The summed E-state index contributed by atoms with van der Waals surface area (Å²) in [6, 6.07) is 3.35. The Bertz CT molecular complexity index is 1640. The highest BCUT2D eigenvalue weighted by Gasteiger charge is 2.42. The molecular weight excluding hydrogens is 1120 g/mol. The number of hydrogen-bond acceptors (Lipinski definition) is 25. The number of rotatable bonds is 65. The molecule has 0 aliphatic carbocycles. The van der Waals surface area contributed by atoms with Crippen molar-refractivity contribution in [1.82, 2.24) is 15.2 Å². The summed E-state index contributed by atoms with van der Waals surface area (Å²) in [5, 5.41) is 2.88. The number of carbonyl (C=O) groups is 3. The Morgan fingerprint density at radius 2 is 0.694 bits per heavy atom. The van der Waals surface area contributed by atoms with Gasteiger partial charge in [0, 0.05) is 32.4 Å². The Morgan fingerprint density at radius 3 is 0.941 bits per heavy atom. The van der Waals surface area contributed by atoms with Crippen LogP contribution in [0.1, 0.15) is 45.2 Å². The van der Waals surface area contributed by atoms with Crippen molar-refractivity contribution in [2.45, 2.75) is 45.3 Å². The Kier molecular flexibility index (Phi) is 53.5. The second-order valence-corrected chi connectivity index (χ2v) is 19.4. The number of amides is 2. The molecule has 2 heterocycles. The third-order valence-electron chi connectivity index (χ3n) is 11.4. The lowest BCUT2D eigenvalue weighted by Crippen LogP contribution is -2.36. The van der Waals surface area contributed by atoms with Crippen LogP contribution in [0.2, 0.25) is 0 Å². The number of nitrogens with zero attached hydrogens (tertiary/aromatic N) is 2. The van der Waals surface area contributed by atoms with E-state index in [0.717, 1.165) is 5.56 Å². The minimum absolute atomic E-state index is 0.0624. The highest BCUT2D eigenvalue weighted by molar-refractivity contribution is 5.90. The van der Waals surface area contributed by atoms with Gasteiger partial charge < -0.3 is 110 Å². The molecular formula is C58H105N3O24. The molecule has 0 spiro atoms. The summed E-state index contributed by atoms with van der Waals surface area (Å²) in [6.07, 6.45) is 3.75. The van der Waals surface area contributed by atoms with E-state index in [-0.39, 0.29) is 36.7 Å². The molecule has 496 valence electrons. The van der Waals surface area contributed by atoms with Gasteiger partial charge in [0.1, 0.15) is 5.60 Å². The van der Waals surface area contributed by atoms with Gasteiger partial charge in [0.25, 0.3) is 0 Å². The molecule has 1 saturated heterocycles. The lowest BCUT2D eigenvalue weighted by atomic mass is 9.94. The van der Waals surface area contributed by atoms with Gasteiger partial charge in [0.15, 0.2) is 0 Å². The fourth-order valence-electron chi connectivity index (χ4n) is 7.32. The van der Waals surface area contributed by atoms with Crippen LogP contribution in [0, 0.1) is 5.92 Å². The summed E-state index contributed by atoms with van der Waals surface area (Å²) >= 11 is 0. The van der Waals surface area contributed by atoms with Crippen LogP contribution in [0.25, 0.3) is 0 Å². The molecule has 1 aliphatic heterocycles. The number of esters is 1. The largest absolute Gasteiger partial charge is 0.460 e. The topological polar surface area (TPSA) is 273 Å². The minimum Gasteiger partial charge on any atom is -0.460 e. The Hall–Kier alpha value is -3.24. The predicted molar refractivity (Wildman–Crippen MR) is 308 cm³/mol. The molecule has 27 nitrogen and oxygen atoms in total. The molecule has 27 heteroatoms. The Balaban J connectivity index is 1.12. The third kappa shape index (κ3) is 50.3. The van der Waals surface area contributed by atoms with Gasteiger partial charge in [0.2, 0.25) is 11.8 Å². The number of nitrogens with one attached hydrogen (secondary N) is 1.